The van der Waals surface area contributed by atoms with E-state index in [-0.39, 0.29) is 28.9 Å². The summed E-state index contributed by atoms with van der Waals surface area (Å²) in [6, 6.07) is 20.7. The first kappa shape index (κ1) is 25.6. The molecule has 3 aromatic carbocycles. The van der Waals surface area contributed by atoms with E-state index in [2.05, 4.69) is 0 Å². The maximum atomic E-state index is 13.5. The first-order valence-corrected chi connectivity index (χ1v) is 12.4. The minimum atomic E-state index is -4.01. The zero-order chi connectivity index (χ0) is 24.7. The van der Waals surface area contributed by atoms with Crippen LogP contribution in [-0.4, -0.2) is 53.0 Å². The van der Waals surface area contributed by atoms with Crippen LogP contribution in [0, 0.1) is 0 Å². The summed E-state index contributed by atoms with van der Waals surface area (Å²) >= 11 is 6.18. The van der Waals surface area contributed by atoms with Gasteiger partial charge >= 0.3 is 0 Å². The number of sulfonamides is 1. The molecule has 3 aromatic rings. The topological polar surface area (TPSA) is 76.2 Å². The summed E-state index contributed by atoms with van der Waals surface area (Å²) < 4.78 is 38.5. The van der Waals surface area contributed by atoms with Crippen molar-refractivity contribution < 1.29 is 22.7 Å². The minimum absolute atomic E-state index is 0.00809. The summed E-state index contributed by atoms with van der Waals surface area (Å²) in [5, 5.41) is 0.174. The van der Waals surface area contributed by atoms with Crippen molar-refractivity contribution in [3.8, 4) is 11.5 Å². The number of likely N-dealkylation sites (N-methyl/N-ethyl adjacent to an activating group) is 1. The van der Waals surface area contributed by atoms with Gasteiger partial charge < -0.3 is 14.4 Å². The first-order valence-electron chi connectivity index (χ1n) is 10.5. The van der Waals surface area contributed by atoms with Crippen LogP contribution in [0.5, 0.6) is 11.5 Å². The van der Waals surface area contributed by atoms with E-state index in [0.717, 1.165) is 5.56 Å². The smallest absolute Gasteiger partial charge is 0.243 e. The molecule has 7 nitrogen and oxygen atoms in total. The van der Waals surface area contributed by atoms with Crippen molar-refractivity contribution in [3.05, 3.63) is 83.4 Å². The molecule has 0 unspecified atom stereocenters. The number of hydrogen-bond donors (Lipinski definition) is 0. The van der Waals surface area contributed by atoms with Crippen LogP contribution in [0.4, 0.5) is 5.69 Å². The second kappa shape index (κ2) is 11.4. The molecule has 0 bridgehead atoms. The Labute approximate surface area is 205 Å². The van der Waals surface area contributed by atoms with Gasteiger partial charge in [-0.1, -0.05) is 41.9 Å². The molecule has 0 heterocycles. The highest BCUT2D eigenvalue weighted by atomic mass is 35.5. The molecule has 34 heavy (non-hydrogen) atoms. The summed E-state index contributed by atoms with van der Waals surface area (Å²) in [6.07, 6.45) is 0.448. The van der Waals surface area contributed by atoms with Crippen LogP contribution < -0.4 is 14.4 Å². The van der Waals surface area contributed by atoms with Crippen molar-refractivity contribution >= 4 is 33.2 Å². The second-order valence-corrected chi connectivity index (χ2v) is 9.87. The molecular weight excluding hydrogens is 476 g/mol. The summed E-state index contributed by atoms with van der Waals surface area (Å²) in [5.74, 6) is 0.654. The standard InChI is InChI=1S/C25H27ClN2O5S/c1-27(20-9-11-21(32-2)12-10-20)25(29)18-28(16-15-19-7-5-4-6-8-19)34(30,31)22-13-14-24(33-3)23(26)17-22/h4-14,17H,15-16,18H2,1-3H3. The fourth-order valence-corrected chi connectivity index (χ4v) is 5.09. The maximum Gasteiger partial charge on any atom is 0.243 e. The van der Waals surface area contributed by atoms with Crippen LogP contribution in [-0.2, 0) is 21.2 Å². The van der Waals surface area contributed by atoms with E-state index in [1.165, 1.54) is 34.5 Å². The quantitative estimate of drug-likeness (QED) is 0.414. The van der Waals surface area contributed by atoms with Gasteiger partial charge in [0.15, 0.2) is 0 Å². The molecule has 0 N–H and O–H groups in total. The molecule has 0 fully saturated rings. The van der Waals surface area contributed by atoms with E-state index in [1.54, 1.807) is 38.4 Å². The minimum Gasteiger partial charge on any atom is -0.497 e. The lowest BCUT2D eigenvalue weighted by Gasteiger charge is -2.25. The van der Waals surface area contributed by atoms with Crippen molar-refractivity contribution in [1.82, 2.24) is 4.31 Å². The first-order chi connectivity index (χ1) is 16.3. The van der Waals surface area contributed by atoms with E-state index < -0.39 is 10.0 Å². The van der Waals surface area contributed by atoms with Crippen molar-refractivity contribution in [2.75, 3.05) is 39.3 Å². The molecule has 0 aliphatic carbocycles. The fraction of sp³-hybridized carbons (Fsp3) is 0.240. The molecule has 0 atom stereocenters. The average Bonchev–Trinajstić information content (AvgIpc) is 2.86. The van der Waals surface area contributed by atoms with E-state index in [0.29, 0.717) is 23.6 Å². The monoisotopic (exact) mass is 502 g/mol. The fourth-order valence-electron chi connectivity index (χ4n) is 3.35. The normalized spacial score (nSPS) is 11.3. The third-order valence-corrected chi connectivity index (χ3v) is 7.54. The average molecular weight is 503 g/mol. The molecule has 0 aromatic heterocycles. The Balaban J connectivity index is 1.87. The van der Waals surface area contributed by atoms with Crippen LogP contribution in [0.1, 0.15) is 5.56 Å². The number of methoxy groups -OCH3 is 2. The van der Waals surface area contributed by atoms with Gasteiger partial charge in [-0.3, -0.25) is 4.79 Å². The Morgan fingerprint density at radius 1 is 0.941 bits per heavy atom. The Morgan fingerprint density at radius 2 is 1.62 bits per heavy atom. The van der Waals surface area contributed by atoms with Gasteiger partial charge in [0, 0.05) is 19.3 Å². The van der Waals surface area contributed by atoms with Crippen LogP contribution in [0.2, 0.25) is 5.02 Å². The molecule has 0 saturated heterocycles. The van der Waals surface area contributed by atoms with E-state index >= 15 is 0 Å². The molecule has 0 spiro atoms. The Bertz CT molecular complexity index is 1220. The van der Waals surface area contributed by atoms with Gasteiger partial charge in [-0.15, -0.1) is 0 Å². The van der Waals surface area contributed by atoms with Crippen LogP contribution in [0.25, 0.3) is 0 Å². The molecule has 0 aliphatic heterocycles. The highest BCUT2D eigenvalue weighted by Gasteiger charge is 2.28. The van der Waals surface area contributed by atoms with Crippen LogP contribution in [0.15, 0.2) is 77.7 Å². The summed E-state index contributed by atoms with van der Waals surface area (Å²) in [7, 11) is 0.607. The number of anilines is 1. The number of halogens is 1. The highest BCUT2D eigenvalue weighted by Crippen LogP contribution is 2.29. The number of carbonyl (C=O) groups is 1. The zero-order valence-electron chi connectivity index (χ0n) is 19.3. The molecule has 9 heteroatoms. The predicted octanol–water partition coefficient (Wildman–Crippen LogP) is 4.25. The number of amides is 1. The highest BCUT2D eigenvalue weighted by molar-refractivity contribution is 7.89. The molecule has 0 radical (unpaired) electrons. The molecule has 0 saturated carbocycles. The molecule has 0 aliphatic rings. The number of rotatable bonds is 10. The van der Waals surface area contributed by atoms with Crippen LogP contribution in [0.3, 0.4) is 0 Å². The molecular formula is C25H27ClN2O5S. The lowest BCUT2D eigenvalue weighted by Crippen LogP contribution is -2.42. The van der Waals surface area contributed by atoms with E-state index in [9.17, 15) is 13.2 Å². The van der Waals surface area contributed by atoms with Gasteiger partial charge in [0.25, 0.3) is 0 Å². The van der Waals surface area contributed by atoms with Crippen molar-refractivity contribution in [2.24, 2.45) is 0 Å². The van der Waals surface area contributed by atoms with Crippen molar-refractivity contribution in [1.29, 1.82) is 0 Å². The number of nitrogens with zero attached hydrogens (tertiary/aromatic N) is 2. The lowest BCUT2D eigenvalue weighted by molar-refractivity contribution is -0.118. The van der Waals surface area contributed by atoms with Crippen LogP contribution >= 0.6 is 11.6 Å². The van der Waals surface area contributed by atoms with Crippen molar-refractivity contribution in [2.45, 2.75) is 11.3 Å². The SMILES string of the molecule is COc1ccc(N(C)C(=O)CN(CCc2ccccc2)S(=O)(=O)c2ccc(OC)c(Cl)c2)cc1. The lowest BCUT2D eigenvalue weighted by atomic mass is 10.1. The third-order valence-electron chi connectivity index (χ3n) is 5.40. The second-order valence-electron chi connectivity index (χ2n) is 7.52. The molecule has 3 rings (SSSR count). The van der Waals surface area contributed by atoms with Gasteiger partial charge in [-0.2, -0.15) is 4.31 Å². The van der Waals surface area contributed by atoms with Gasteiger partial charge in [0.1, 0.15) is 11.5 Å². The largest absolute Gasteiger partial charge is 0.497 e. The van der Waals surface area contributed by atoms with Gasteiger partial charge in [0.2, 0.25) is 15.9 Å². The number of ether oxygens (including phenoxy) is 2. The van der Waals surface area contributed by atoms with E-state index in [1.807, 2.05) is 30.3 Å². The Morgan fingerprint density at radius 3 is 2.21 bits per heavy atom. The Hall–Kier alpha value is -3.07. The van der Waals surface area contributed by atoms with Crippen molar-refractivity contribution in [3.63, 3.8) is 0 Å². The van der Waals surface area contributed by atoms with Gasteiger partial charge in [-0.05, 0) is 54.4 Å². The van der Waals surface area contributed by atoms with E-state index in [4.69, 9.17) is 21.1 Å². The zero-order valence-corrected chi connectivity index (χ0v) is 20.8. The third kappa shape index (κ3) is 6.08. The summed E-state index contributed by atoms with van der Waals surface area (Å²) in [6.45, 7) is -0.209. The molecule has 180 valence electrons. The summed E-state index contributed by atoms with van der Waals surface area (Å²) in [4.78, 5) is 14.5. The number of benzene rings is 3. The van der Waals surface area contributed by atoms with Gasteiger partial charge in [0.05, 0.1) is 30.7 Å². The van der Waals surface area contributed by atoms with Gasteiger partial charge in [-0.25, -0.2) is 8.42 Å². The number of carbonyl (C=O) groups excluding carboxylic acids is 1. The Kier molecular flexibility index (Phi) is 8.55. The summed E-state index contributed by atoms with van der Waals surface area (Å²) in [5.41, 5.74) is 1.59. The number of hydrogen-bond acceptors (Lipinski definition) is 5. The predicted molar refractivity (Wildman–Crippen MR) is 133 cm³/mol. The maximum absolute atomic E-state index is 13.5. The molecule has 1 amide bonds.